The molecule has 1 aliphatic rings. The standard InChI is InChI=1S/C33H36N4O7/c1-18-13-23(30(32(39)40)36-25-9-7-21-11-12-35-31(38)27(21)15-25)8-10-26(18)19(2)17-42-33(41)37-24-6-4-5-22(14-24)28(34)16-29-43-20(3)44-29/h4-15,19-20,28-30,36H,16-17,34H2,1-3H3,(H,35,38)(H,37,41)(H,39,40)/t19-,20?,28+,29?,30?/m0/s1. The number of anilines is 2. The van der Waals surface area contributed by atoms with Gasteiger partial charge in [-0.25, -0.2) is 9.59 Å². The molecule has 0 bridgehead atoms. The van der Waals surface area contributed by atoms with Gasteiger partial charge in [0.25, 0.3) is 5.56 Å². The maximum Gasteiger partial charge on any atom is 0.411 e. The largest absolute Gasteiger partial charge is 0.479 e. The summed E-state index contributed by atoms with van der Waals surface area (Å²) in [6.07, 6.45) is 0.930. The van der Waals surface area contributed by atoms with Crippen molar-refractivity contribution in [2.75, 3.05) is 17.2 Å². The minimum absolute atomic E-state index is 0.117. The summed E-state index contributed by atoms with van der Waals surface area (Å²) in [5, 5.41) is 17.0. The van der Waals surface area contributed by atoms with E-state index in [2.05, 4.69) is 15.6 Å². The molecule has 44 heavy (non-hydrogen) atoms. The van der Waals surface area contributed by atoms with E-state index in [9.17, 15) is 19.5 Å². The van der Waals surface area contributed by atoms with Crippen LogP contribution in [0.1, 0.15) is 60.5 Å². The molecule has 3 aromatic carbocycles. The van der Waals surface area contributed by atoms with E-state index in [1.54, 1.807) is 54.7 Å². The van der Waals surface area contributed by atoms with Gasteiger partial charge in [-0.15, -0.1) is 0 Å². The van der Waals surface area contributed by atoms with Crippen LogP contribution in [-0.2, 0) is 19.0 Å². The summed E-state index contributed by atoms with van der Waals surface area (Å²) >= 11 is 0. The number of nitrogens with two attached hydrogens (primary N) is 1. The zero-order valence-electron chi connectivity index (χ0n) is 24.7. The van der Waals surface area contributed by atoms with E-state index < -0.39 is 18.1 Å². The van der Waals surface area contributed by atoms with Crippen LogP contribution < -0.4 is 21.9 Å². The molecule has 1 aromatic heterocycles. The van der Waals surface area contributed by atoms with Crippen LogP contribution in [0.2, 0.25) is 0 Å². The Labute approximate surface area is 254 Å². The Hall–Kier alpha value is -4.71. The fraction of sp³-hybridized carbons (Fsp3) is 0.303. The molecule has 0 spiro atoms. The van der Waals surface area contributed by atoms with Crippen LogP contribution in [0.5, 0.6) is 0 Å². The third kappa shape index (κ3) is 7.25. The van der Waals surface area contributed by atoms with Gasteiger partial charge in [-0.05, 0) is 71.8 Å². The van der Waals surface area contributed by atoms with Crippen LogP contribution in [0, 0.1) is 6.92 Å². The second-order valence-electron chi connectivity index (χ2n) is 11.0. The molecule has 1 saturated heterocycles. The van der Waals surface area contributed by atoms with Gasteiger partial charge in [0.15, 0.2) is 18.6 Å². The van der Waals surface area contributed by atoms with Crippen LogP contribution in [0.3, 0.4) is 0 Å². The predicted molar refractivity (Wildman–Crippen MR) is 167 cm³/mol. The predicted octanol–water partition coefficient (Wildman–Crippen LogP) is 5.54. The lowest BCUT2D eigenvalue weighted by atomic mass is 9.93. The maximum absolute atomic E-state index is 12.6. The van der Waals surface area contributed by atoms with Crippen molar-refractivity contribution in [3.8, 4) is 0 Å². The lowest BCUT2D eigenvalue weighted by molar-refractivity contribution is -0.378. The van der Waals surface area contributed by atoms with Gasteiger partial charge in [0.2, 0.25) is 0 Å². The number of rotatable bonds is 11. The van der Waals surface area contributed by atoms with Crippen LogP contribution in [0.25, 0.3) is 10.8 Å². The number of aryl methyl sites for hydroxylation is 1. The number of benzene rings is 3. The van der Waals surface area contributed by atoms with E-state index in [4.69, 9.17) is 19.9 Å². The lowest BCUT2D eigenvalue weighted by Gasteiger charge is -2.35. The molecule has 1 aliphatic heterocycles. The van der Waals surface area contributed by atoms with E-state index in [0.29, 0.717) is 28.7 Å². The normalized spacial score (nSPS) is 18.1. The Morgan fingerprint density at radius 1 is 1.05 bits per heavy atom. The van der Waals surface area contributed by atoms with Crippen molar-refractivity contribution in [1.82, 2.24) is 4.98 Å². The summed E-state index contributed by atoms with van der Waals surface area (Å²) in [5.74, 6) is -1.21. The van der Waals surface area contributed by atoms with Gasteiger partial charge in [0, 0.05) is 41.3 Å². The fourth-order valence-electron chi connectivity index (χ4n) is 5.34. The first-order chi connectivity index (χ1) is 21.1. The number of aromatic nitrogens is 1. The number of aromatic amines is 1. The molecular formula is C33H36N4O7. The van der Waals surface area contributed by atoms with Crippen LogP contribution >= 0.6 is 0 Å². The van der Waals surface area contributed by atoms with Crippen molar-refractivity contribution in [2.45, 2.75) is 57.8 Å². The van der Waals surface area contributed by atoms with Crippen LogP contribution in [0.15, 0.2) is 77.7 Å². The average Bonchev–Trinajstić information content (AvgIpc) is 2.98. The monoisotopic (exact) mass is 600 g/mol. The Bertz CT molecular complexity index is 1720. The molecule has 5 rings (SSSR count). The minimum Gasteiger partial charge on any atom is -0.479 e. The van der Waals surface area contributed by atoms with Gasteiger partial charge in [-0.1, -0.05) is 43.3 Å². The second kappa shape index (κ2) is 13.3. The summed E-state index contributed by atoms with van der Waals surface area (Å²) < 4.78 is 16.4. The second-order valence-corrected chi connectivity index (χ2v) is 11.0. The third-order valence-electron chi connectivity index (χ3n) is 7.65. The number of carbonyl (C=O) groups is 2. The summed E-state index contributed by atoms with van der Waals surface area (Å²) in [7, 11) is 0. The van der Waals surface area contributed by atoms with Crippen LogP contribution in [-0.4, -0.2) is 41.3 Å². The van der Waals surface area contributed by atoms with Crippen molar-refractivity contribution >= 4 is 34.2 Å². The summed E-state index contributed by atoms with van der Waals surface area (Å²) in [6, 6.07) is 18.2. The SMILES string of the molecule is Cc1cc(C(Nc2ccc3cc[nH]c(=O)c3c2)C(=O)O)ccc1[C@@H](C)COC(=O)Nc1cccc([C@H](N)CC2OC(C)O2)c1. The number of fused-ring (bicyclic) bond motifs is 1. The van der Waals surface area contributed by atoms with E-state index in [1.807, 2.05) is 39.0 Å². The van der Waals surface area contributed by atoms with E-state index in [0.717, 1.165) is 22.1 Å². The molecule has 6 N–H and O–H groups in total. The number of hydrogen-bond acceptors (Lipinski definition) is 8. The number of ether oxygens (including phenoxy) is 3. The van der Waals surface area contributed by atoms with Crippen molar-refractivity contribution < 1.29 is 28.9 Å². The zero-order valence-corrected chi connectivity index (χ0v) is 24.7. The lowest BCUT2D eigenvalue weighted by Crippen LogP contribution is -2.40. The van der Waals surface area contributed by atoms with Gasteiger partial charge in [-0.2, -0.15) is 0 Å². The Morgan fingerprint density at radius 3 is 2.57 bits per heavy atom. The molecule has 11 nitrogen and oxygen atoms in total. The highest BCUT2D eigenvalue weighted by Gasteiger charge is 2.29. The number of amides is 1. The fourth-order valence-corrected chi connectivity index (χ4v) is 5.34. The first-order valence-electron chi connectivity index (χ1n) is 14.4. The molecule has 0 saturated carbocycles. The van der Waals surface area contributed by atoms with Gasteiger partial charge < -0.3 is 35.4 Å². The highest BCUT2D eigenvalue weighted by molar-refractivity contribution is 5.86. The van der Waals surface area contributed by atoms with Gasteiger partial charge in [0.05, 0.1) is 6.61 Å². The number of carbonyl (C=O) groups excluding carboxylic acids is 1. The smallest absolute Gasteiger partial charge is 0.411 e. The maximum atomic E-state index is 12.6. The number of pyridine rings is 1. The first-order valence-corrected chi connectivity index (χ1v) is 14.4. The Balaban J connectivity index is 1.18. The molecule has 4 aromatic rings. The molecule has 3 atom stereocenters. The molecule has 0 radical (unpaired) electrons. The molecule has 1 unspecified atom stereocenters. The number of carboxylic acids is 1. The number of nitrogens with one attached hydrogen (secondary N) is 3. The first kappa shape index (κ1) is 30.7. The van der Waals surface area contributed by atoms with Crippen LogP contribution in [0.4, 0.5) is 16.2 Å². The molecule has 1 fully saturated rings. The Kier molecular flexibility index (Phi) is 9.29. The number of H-pyrrole nitrogens is 1. The molecule has 2 heterocycles. The van der Waals surface area contributed by atoms with Gasteiger partial charge in [-0.3, -0.25) is 10.1 Å². The van der Waals surface area contributed by atoms with Crippen molar-refractivity contribution in [3.63, 3.8) is 0 Å². The summed E-state index contributed by atoms with van der Waals surface area (Å²) in [4.78, 5) is 39.6. The van der Waals surface area contributed by atoms with Crippen molar-refractivity contribution in [2.24, 2.45) is 5.73 Å². The zero-order chi connectivity index (χ0) is 31.4. The quantitative estimate of drug-likeness (QED) is 0.149. The average molecular weight is 601 g/mol. The van der Waals surface area contributed by atoms with E-state index >= 15 is 0 Å². The van der Waals surface area contributed by atoms with E-state index in [-0.39, 0.29) is 36.7 Å². The van der Waals surface area contributed by atoms with Crippen molar-refractivity contribution in [1.29, 1.82) is 0 Å². The summed E-state index contributed by atoms with van der Waals surface area (Å²) in [5.41, 5.74) is 10.3. The Morgan fingerprint density at radius 2 is 1.84 bits per heavy atom. The highest BCUT2D eigenvalue weighted by atomic mass is 16.9. The topological polar surface area (TPSA) is 165 Å². The molecule has 11 heteroatoms. The highest BCUT2D eigenvalue weighted by Crippen LogP contribution is 2.29. The third-order valence-corrected chi connectivity index (χ3v) is 7.65. The number of hydrogen-bond donors (Lipinski definition) is 5. The van der Waals surface area contributed by atoms with E-state index in [1.165, 1.54) is 0 Å². The number of aliphatic carboxylic acids is 1. The summed E-state index contributed by atoms with van der Waals surface area (Å²) in [6.45, 7) is 5.76. The minimum atomic E-state index is -1.06. The van der Waals surface area contributed by atoms with Gasteiger partial charge >= 0.3 is 12.1 Å². The molecular weight excluding hydrogens is 564 g/mol. The molecule has 1 amide bonds. The number of carboxylic acid groups (broad SMARTS) is 1. The van der Waals surface area contributed by atoms with Crippen molar-refractivity contribution in [3.05, 3.63) is 106 Å². The van der Waals surface area contributed by atoms with Gasteiger partial charge in [0.1, 0.15) is 0 Å². The molecule has 0 aliphatic carbocycles. The molecule has 230 valence electrons.